The fraction of sp³-hybridized carbons (Fsp3) is 0.273. The third-order valence-corrected chi connectivity index (χ3v) is 1.94. The molecule has 0 radical (unpaired) electrons. The van der Waals surface area contributed by atoms with Crippen LogP contribution in [0.2, 0.25) is 0 Å². The van der Waals surface area contributed by atoms with E-state index in [9.17, 15) is 14.0 Å². The molecule has 17 heavy (non-hydrogen) atoms. The maximum absolute atomic E-state index is 12.8. The number of imide groups is 1. The second kappa shape index (κ2) is 5.83. The van der Waals surface area contributed by atoms with Crippen molar-refractivity contribution < 1.29 is 18.7 Å². The second-order valence-electron chi connectivity index (χ2n) is 3.29. The molecule has 1 aromatic rings. The molecule has 1 atom stereocenters. The minimum absolute atomic E-state index is 0.226. The van der Waals surface area contributed by atoms with E-state index in [1.807, 2.05) is 0 Å². The Bertz CT molecular complexity index is 423. The summed E-state index contributed by atoms with van der Waals surface area (Å²) in [4.78, 5) is 22.3. The third-order valence-electron chi connectivity index (χ3n) is 1.94. The zero-order valence-electron chi connectivity index (χ0n) is 9.49. The van der Waals surface area contributed by atoms with Gasteiger partial charge in [-0.2, -0.15) is 0 Å². The van der Waals surface area contributed by atoms with Gasteiger partial charge < -0.3 is 10.1 Å². The van der Waals surface area contributed by atoms with Gasteiger partial charge in [0.25, 0.3) is 5.91 Å². The molecule has 1 aromatic carbocycles. The van der Waals surface area contributed by atoms with Gasteiger partial charge in [-0.3, -0.25) is 10.1 Å². The van der Waals surface area contributed by atoms with Crippen molar-refractivity contribution in [1.82, 2.24) is 10.6 Å². The number of halogens is 1. The van der Waals surface area contributed by atoms with Gasteiger partial charge in [-0.25, -0.2) is 9.18 Å². The number of amides is 3. The number of urea groups is 1. The van der Waals surface area contributed by atoms with Crippen molar-refractivity contribution >= 4 is 11.9 Å². The number of hydrogen-bond donors (Lipinski definition) is 2. The van der Waals surface area contributed by atoms with E-state index in [1.165, 1.54) is 32.2 Å². The number of nitrogens with one attached hydrogen (secondary N) is 2. The zero-order chi connectivity index (χ0) is 12.8. The maximum Gasteiger partial charge on any atom is 0.321 e. The average Bonchev–Trinajstić information content (AvgIpc) is 2.28. The van der Waals surface area contributed by atoms with Crippen molar-refractivity contribution in [2.45, 2.75) is 13.0 Å². The lowest BCUT2D eigenvalue weighted by molar-refractivity contribution is -0.126. The quantitative estimate of drug-likeness (QED) is 0.829. The summed E-state index contributed by atoms with van der Waals surface area (Å²) in [6.07, 6.45) is -0.894. The van der Waals surface area contributed by atoms with Crippen LogP contribution in [0.4, 0.5) is 9.18 Å². The lowest BCUT2D eigenvalue weighted by atomic mass is 10.3. The van der Waals surface area contributed by atoms with Crippen LogP contribution in [0.15, 0.2) is 24.3 Å². The summed E-state index contributed by atoms with van der Waals surface area (Å²) >= 11 is 0. The van der Waals surface area contributed by atoms with Gasteiger partial charge in [0.1, 0.15) is 11.6 Å². The van der Waals surface area contributed by atoms with Gasteiger partial charge in [-0.05, 0) is 19.1 Å². The van der Waals surface area contributed by atoms with Crippen molar-refractivity contribution in [2.24, 2.45) is 0 Å². The molecule has 0 spiro atoms. The monoisotopic (exact) mass is 240 g/mol. The van der Waals surface area contributed by atoms with E-state index >= 15 is 0 Å². The number of benzene rings is 1. The van der Waals surface area contributed by atoms with Crippen LogP contribution in [-0.2, 0) is 4.79 Å². The van der Waals surface area contributed by atoms with Crippen molar-refractivity contribution in [3.63, 3.8) is 0 Å². The molecule has 0 aromatic heterocycles. The molecule has 3 amide bonds. The Morgan fingerprint density at radius 3 is 2.71 bits per heavy atom. The Balaban J connectivity index is 2.57. The molecule has 5 nitrogen and oxygen atoms in total. The topological polar surface area (TPSA) is 67.4 Å². The van der Waals surface area contributed by atoms with Crippen LogP contribution in [0, 0.1) is 5.82 Å². The average molecular weight is 240 g/mol. The van der Waals surface area contributed by atoms with Crippen molar-refractivity contribution in [3.8, 4) is 5.75 Å². The second-order valence-corrected chi connectivity index (χ2v) is 3.29. The van der Waals surface area contributed by atoms with Crippen molar-refractivity contribution in [3.05, 3.63) is 30.1 Å². The van der Waals surface area contributed by atoms with E-state index in [0.717, 1.165) is 6.07 Å². The Kier molecular flexibility index (Phi) is 4.45. The normalized spacial score (nSPS) is 11.5. The van der Waals surface area contributed by atoms with E-state index in [2.05, 4.69) is 10.6 Å². The van der Waals surface area contributed by atoms with Gasteiger partial charge in [-0.1, -0.05) is 6.07 Å². The largest absolute Gasteiger partial charge is 0.481 e. The summed E-state index contributed by atoms with van der Waals surface area (Å²) in [5.74, 6) is -0.834. The highest BCUT2D eigenvalue weighted by Gasteiger charge is 2.16. The fourth-order valence-corrected chi connectivity index (χ4v) is 1.07. The van der Waals surface area contributed by atoms with Gasteiger partial charge >= 0.3 is 6.03 Å². The molecule has 0 saturated carbocycles. The highest BCUT2D eigenvalue weighted by atomic mass is 19.1. The molecule has 2 N–H and O–H groups in total. The maximum atomic E-state index is 12.8. The summed E-state index contributed by atoms with van der Waals surface area (Å²) in [6.45, 7) is 1.46. The van der Waals surface area contributed by atoms with E-state index in [0.29, 0.717) is 0 Å². The summed E-state index contributed by atoms with van der Waals surface area (Å²) in [7, 11) is 1.39. The first-order valence-corrected chi connectivity index (χ1v) is 4.97. The molecule has 0 aliphatic carbocycles. The summed E-state index contributed by atoms with van der Waals surface area (Å²) < 4.78 is 18.0. The van der Waals surface area contributed by atoms with E-state index in [1.54, 1.807) is 0 Å². The summed E-state index contributed by atoms with van der Waals surface area (Å²) in [5, 5.41) is 4.29. The van der Waals surface area contributed by atoms with Crippen LogP contribution in [0.25, 0.3) is 0 Å². The molecule has 0 aliphatic rings. The molecular formula is C11H13FN2O3. The van der Waals surface area contributed by atoms with E-state index in [-0.39, 0.29) is 5.75 Å². The van der Waals surface area contributed by atoms with Gasteiger partial charge in [0.15, 0.2) is 6.10 Å². The molecule has 6 heteroatoms. The standard InChI is InChI=1S/C11H13FN2O3/c1-7(10(15)14-11(16)13-2)17-9-5-3-4-8(12)6-9/h3-7H,1-2H3,(H2,13,14,15,16). The predicted molar refractivity (Wildman–Crippen MR) is 59.1 cm³/mol. The number of hydrogen-bond acceptors (Lipinski definition) is 3. The van der Waals surface area contributed by atoms with E-state index < -0.39 is 23.9 Å². The van der Waals surface area contributed by atoms with Gasteiger partial charge in [0.2, 0.25) is 0 Å². The zero-order valence-corrected chi connectivity index (χ0v) is 9.49. The molecular weight excluding hydrogens is 227 g/mol. The Labute approximate surface area is 98.0 Å². The van der Waals surface area contributed by atoms with Crippen molar-refractivity contribution in [1.29, 1.82) is 0 Å². The number of carbonyl (C=O) groups excluding carboxylic acids is 2. The third kappa shape index (κ3) is 4.10. The van der Waals surface area contributed by atoms with Crippen LogP contribution >= 0.6 is 0 Å². The van der Waals surface area contributed by atoms with Gasteiger partial charge in [0.05, 0.1) is 0 Å². The molecule has 0 fully saturated rings. The SMILES string of the molecule is CNC(=O)NC(=O)C(C)Oc1cccc(F)c1. The Morgan fingerprint density at radius 1 is 1.41 bits per heavy atom. The highest BCUT2D eigenvalue weighted by molar-refractivity contribution is 5.96. The molecule has 0 bridgehead atoms. The van der Waals surface area contributed by atoms with Crippen LogP contribution in [0.5, 0.6) is 5.75 Å². The minimum atomic E-state index is -0.894. The van der Waals surface area contributed by atoms with Gasteiger partial charge in [0, 0.05) is 13.1 Å². The smallest absolute Gasteiger partial charge is 0.321 e. The van der Waals surface area contributed by atoms with Crippen LogP contribution in [0.3, 0.4) is 0 Å². The van der Waals surface area contributed by atoms with Gasteiger partial charge in [-0.15, -0.1) is 0 Å². The molecule has 0 heterocycles. The minimum Gasteiger partial charge on any atom is -0.481 e. The number of carbonyl (C=O) groups is 2. The lowest BCUT2D eigenvalue weighted by Gasteiger charge is -2.13. The van der Waals surface area contributed by atoms with Crippen LogP contribution in [0.1, 0.15) is 6.92 Å². The molecule has 0 saturated heterocycles. The van der Waals surface area contributed by atoms with Crippen LogP contribution in [-0.4, -0.2) is 25.1 Å². The molecule has 92 valence electrons. The molecule has 1 rings (SSSR count). The summed E-state index contributed by atoms with van der Waals surface area (Å²) in [6, 6.07) is 4.79. The van der Waals surface area contributed by atoms with Crippen molar-refractivity contribution in [2.75, 3.05) is 7.05 Å². The van der Waals surface area contributed by atoms with Crippen LogP contribution < -0.4 is 15.4 Å². The van der Waals surface area contributed by atoms with E-state index in [4.69, 9.17) is 4.74 Å². The predicted octanol–water partition coefficient (Wildman–Crippen LogP) is 1.05. The fourth-order valence-electron chi connectivity index (χ4n) is 1.07. The highest BCUT2D eigenvalue weighted by Crippen LogP contribution is 2.13. The lowest BCUT2D eigenvalue weighted by Crippen LogP contribution is -2.43. The number of ether oxygens (including phenoxy) is 1. The first-order chi connectivity index (χ1) is 8.02. The number of rotatable bonds is 3. The molecule has 1 unspecified atom stereocenters. The molecule has 0 aliphatic heterocycles. The first-order valence-electron chi connectivity index (χ1n) is 4.97. The summed E-state index contributed by atoms with van der Waals surface area (Å²) in [5.41, 5.74) is 0. The Morgan fingerprint density at radius 2 is 2.12 bits per heavy atom. The first kappa shape index (κ1) is 13.0. The Hall–Kier alpha value is -2.11.